The smallest absolute Gasteiger partial charge is 0.783 e. The minimum atomic E-state index is -1.55. The van der Waals surface area contributed by atoms with Crippen molar-refractivity contribution in [2.24, 2.45) is 0 Å². The first kappa shape index (κ1) is 29.4. The predicted octanol–water partition coefficient (Wildman–Crippen LogP) is -8.57. The molecule has 0 heterocycles. The van der Waals surface area contributed by atoms with Crippen molar-refractivity contribution >= 4 is 24.6 Å². The Balaban J connectivity index is -0.0000000533. The van der Waals surface area contributed by atoms with Gasteiger partial charge in [-0.3, -0.25) is 0 Å². The molecule has 0 rings (SSSR count). The van der Waals surface area contributed by atoms with E-state index in [1.165, 1.54) is 0 Å². The summed E-state index contributed by atoms with van der Waals surface area (Å²) >= 11 is 4.15. The van der Waals surface area contributed by atoms with Crippen molar-refractivity contribution < 1.29 is 101 Å². The largest absolute Gasteiger partial charge is 1.00 e. The van der Waals surface area contributed by atoms with E-state index in [-0.39, 0.29) is 88.9 Å². The molecule has 0 radical (unpaired) electrons. The fraction of sp³-hybridized carbons (Fsp3) is 0.600. The molecule has 0 aromatic carbocycles. The zero-order valence-electron chi connectivity index (χ0n) is 6.63. The van der Waals surface area contributed by atoms with Crippen molar-refractivity contribution in [2.75, 3.05) is 0 Å². The van der Waals surface area contributed by atoms with Crippen LogP contribution in [0.2, 0.25) is 0 Å². The minimum absolute atomic E-state index is 0. The van der Waals surface area contributed by atoms with Crippen LogP contribution in [0, 0.1) is 0 Å². The summed E-state index contributed by atoms with van der Waals surface area (Å²) in [7, 11) is 0. The van der Waals surface area contributed by atoms with Gasteiger partial charge in [0, 0.05) is 11.9 Å². The van der Waals surface area contributed by atoms with Crippen LogP contribution in [0.1, 0.15) is 13.8 Å². The normalized spacial score (nSPS) is 8.69. The zero-order valence-corrected chi connectivity index (χ0v) is 13.6. The van der Waals surface area contributed by atoms with Crippen LogP contribution in [-0.4, -0.2) is 17.2 Å². The fourth-order valence-corrected chi connectivity index (χ4v) is 0.371. The summed E-state index contributed by atoms with van der Waals surface area (Å²) in [4.78, 5) is 19.4. The molecule has 0 aliphatic heterocycles. The maximum atomic E-state index is 9.73. The van der Waals surface area contributed by atoms with E-state index >= 15 is 0 Å². The summed E-state index contributed by atoms with van der Waals surface area (Å²) in [5, 5.41) is 18.0. The van der Waals surface area contributed by atoms with E-state index in [2.05, 4.69) is 12.6 Å². The molecule has 13 heavy (non-hydrogen) atoms. The van der Waals surface area contributed by atoms with Crippen LogP contribution in [0.4, 0.5) is 0 Å². The Labute approximate surface area is 143 Å². The number of carboxylic acids is 2. The molecule has 1 unspecified atom stereocenters. The number of aliphatic carboxylic acids is 2. The zero-order chi connectivity index (χ0) is 7.44. The van der Waals surface area contributed by atoms with E-state index in [0.29, 0.717) is 0 Å². The third kappa shape index (κ3) is 20.2. The Morgan fingerprint density at radius 3 is 1.62 bits per heavy atom. The van der Waals surface area contributed by atoms with E-state index in [9.17, 15) is 19.8 Å². The summed E-state index contributed by atoms with van der Waals surface area (Å²) in [6.07, 6.45) is -0.669. The number of carbonyl (C=O) groups excluding carboxylic acids is 2. The molecule has 0 aliphatic carbocycles. The summed E-state index contributed by atoms with van der Waals surface area (Å²) in [5.41, 5.74) is 0. The van der Waals surface area contributed by atoms with E-state index in [1.54, 1.807) is 0 Å². The van der Waals surface area contributed by atoms with Gasteiger partial charge in [0.2, 0.25) is 0 Å². The first-order valence-electron chi connectivity index (χ1n) is 2.10. The average molecular weight is 406 g/mol. The molecular weight excluding hydrogens is 399 g/mol. The van der Waals surface area contributed by atoms with Crippen LogP contribution in [0.25, 0.3) is 0 Å². The summed E-state index contributed by atoms with van der Waals surface area (Å²) in [6.45, 7) is 0. The topological polar surface area (TPSA) is 80.3 Å². The number of hydrogen-bond acceptors (Lipinski definition) is 5. The summed E-state index contributed by atoms with van der Waals surface area (Å²) in [6, 6.07) is 0. The Morgan fingerprint density at radius 2 is 1.54 bits per heavy atom. The Bertz CT molecular complexity index is 146. The van der Waals surface area contributed by atoms with Crippen LogP contribution in [0.15, 0.2) is 0 Å². The first-order chi connectivity index (χ1) is 4.04. The van der Waals surface area contributed by atoms with E-state index in [1.807, 2.05) is 0 Å². The van der Waals surface area contributed by atoms with Crippen molar-refractivity contribution in [3.05, 3.63) is 0 Å². The summed E-state index contributed by atoms with van der Waals surface area (Å²) in [5.74, 6) is -3.02. The molecule has 0 aromatic rings. The molecule has 70 valence electrons. The molecule has 0 N–H and O–H groups in total. The molecule has 8 heteroatoms. The van der Waals surface area contributed by atoms with Gasteiger partial charge in [-0.1, -0.05) is 7.43 Å². The molecule has 0 spiro atoms. The molecule has 4 nitrogen and oxygen atoms in total. The van der Waals surface area contributed by atoms with Crippen LogP contribution < -0.4 is 69.3 Å². The van der Waals surface area contributed by atoms with Gasteiger partial charge >= 0.3 is 81.5 Å². The Morgan fingerprint density at radius 1 is 1.23 bits per heavy atom. The maximum Gasteiger partial charge on any atom is 1.00 e. The Hall–Kier alpha value is 2.03. The number of carbonyl (C=O) groups is 2. The Kier molecular flexibility index (Phi) is 37.2. The number of hydrogen-bond donors (Lipinski definition) is 0. The van der Waals surface area contributed by atoms with Crippen molar-refractivity contribution in [2.45, 2.75) is 19.1 Å². The quantitative estimate of drug-likeness (QED) is 0.344. The summed E-state index contributed by atoms with van der Waals surface area (Å²) < 4.78 is 0. The fourth-order valence-electron chi connectivity index (χ4n) is 0.235. The van der Waals surface area contributed by atoms with Gasteiger partial charge in [-0.15, -0.1) is 5.25 Å². The van der Waals surface area contributed by atoms with E-state index in [0.717, 1.165) is 0 Å². The molecule has 0 saturated carbocycles. The van der Waals surface area contributed by atoms with Gasteiger partial charge in [0.25, 0.3) is 0 Å². The van der Waals surface area contributed by atoms with Crippen molar-refractivity contribution in [1.29, 1.82) is 0 Å². The molecule has 0 saturated heterocycles. The molecular formula is C5H7AuNa2O4S. The second kappa shape index (κ2) is 16.5. The van der Waals surface area contributed by atoms with E-state index < -0.39 is 23.6 Å². The van der Waals surface area contributed by atoms with Gasteiger partial charge in [0.15, 0.2) is 0 Å². The SMILES string of the molecule is C.O=C([O-])CC([S-])C(=O)[O-].[Au+].[Na+].[Na+]. The van der Waals surface area contributed by atoms with Gasteiger partial charge in [-0.2, -0.15) is 0 Å². The average Bonchev–Trinajstić information content (AvgIpc) is 1.63. The van der Waals surface area contributed by atoms with Gasteiger partial charge < -0.3 is 32.4 Å². The molecule has 1 atom stereocenters. The molecule has 0 aliphatic rings. The van der Waals surface area contributed by atoms with Crippen molar-refractivity contribution in [1.82, 2.24) is 0 Å². The molecule has 0 aromatic heterocycles. The number of carboxylic acid groups (broad SMARTS) is 2. The molecule has 0 bridgehead atoms. The van der Waals surface area contributed by atoms with Crippen molar-refractivity contribution in [3.8, 4) is 0 Å². The van der Waals surface area contributed by atoms with Gasteiger partial charge in [0.1, 0.15) is 0 Å². The monoisotopic (exact) mass is 406 g/mol. The van der Waals surface area contributed by atoms with Gasteiger partial charge in [0.05, 0.1) is 0 Å². The second-order valence-corrected chi connectivity index (χ2v) is 1.95. The van der Waals surface area contributed by atoms with Crippen LogP contribution in [0.5, 0.6) is 0 Å². The third-order valence-electron chi connectivity index (χ3n) is 0.615. The molecule has 0 amide bonds. The first-order valence-corrected chi connectivity index (χ1v) is 2.57. The van der Waals surface area contributed by atoms with E-state index in [4.69, 9.17) is 0 Å². The predicted molar refractivity (Wildman–Crippen MR) is 32.5 cm³/mol. The second-order valence-electron chi connectivity index (χ2n) is 1.38. The van der Waals surface area contributed by atoms with Gasteiger partial charge in [-0.25, -0.2) is 0 Å². The van der Waals surface area contributed by atoms with Crippen LogP contribution in [-0.2, 0) is 44.6 Å². The standard InChI is InChI=1S/C4H6O4S.CH4.Au.2Na/c5-3(6)1-2(9)4(7)8;;;;/h2,9H,1H2,(H,5,6)(H,7,8);1H4;;;/q;;3*+1/p-3. The third-order valence-corrected chi connectivity index (χ3v) is 0.974. The van der Waals surface area contributed by atoms with Crippen molar-refractivity contribution in [3.63, 3.8) is 0 Å². The number of rotatable bonds is 3. The minimum Gasteiger partial charge on any atom is -0.783 e. The van der Waals surface area contributed by atoms with Gasteiger partial charge in [-0.05, 0) is 6.42 Å². The van der Waals surface area contributed by atoms with Crippen LogP contribution in [0.3, 0.4) is 0 Å². The maximum absolute atomic E-state index is 9.73. The van der Waals surface area contributed by atoms with Crippen LogP contribution >= 0.6 is 0 Å². The molecule has 0 fully saturated rings.